The van der Waals surface area contributed by atoms with Gasteiger partial charge in [0.15, 0.2) is 5.11 Å². The molecule has 0 saturated carbocycles. The number of carbonyl (C=O) groups is 2. The topological polar surface area (TPSA) is 61.9 Å². The third kappa shape index (κ3) is 7.79. The summed E-state index contributed by atoms with van der Waals surface area (Å²) in [5.74, 6) is 0.475. The van der Waals surface area contributed by atoms with Crippen molar-refractivity contribution in [2.24, 2.45) is 0 Å². The van der Waals surface area contributed by atoms with E-state index in [0.29, 0.717) is 30.5 Å². The summed E-state index contributed by atoms with van der Waals surface area (Å²) in [5, 5.41) is 3.46. The number of unbranched alkanes of at least 4 members (excludes halogenated alkanes) is 4. The van der Waals surface area contributed by atoms with Gasteiger partial charge in [0, 0.05) is 18.8 Å². The zero-order valence-electron chi connectivity index (χ0n) is 20.9. The van der Waals surface area contributed by atoms with Crippen LogP contribution < -0.4 is 10.1 Å². The van der Waals surface area contributed by atoms with Crippen molar-refractivity contribution in [2.75, 3.05) is 25.0 Å². The van der Waals surface area contributed by atoms with Crippen LogP contribution in [0.15, 0.2) is 54.6 Å². The van der Waals surface area contributed by atoms with E-state index in [-0.39, 0.29) is 18.2 Å². The zero-order chi connectivity index (χ0) is 25.0. The summed E-state index contributed by atoms with van der Waals surface area (Å²) in [6, 6.07) is 16.8. The highest BCUT2D eigenvalue weighted by Crippen LogP contribution is 2.24. The smallest absolute Gasteiger partial charge is 0.252 e. The van der Waals surface area contributed by atoms with Crippen LogP contribution in [0, 0.1) is 0 Å². The molecule has 1 aliphatic rings. The number of hydrogen-bond acceptors (Lipinski definition) is 4. The molecule has 2 aromatic carbocycles. The van der Waals surface area contributed by atoms with Crippen LogP contribution in [0.25, 0.3) is 0 Å². The summed E-state index contributed by atoms with van der Waals surface area (Å²) >= 11 is 5.74. The molecule has 1 fully saturated rings. The molecule has 2 aromatic rings. The number of amides is 2. The SMILES string of the molecule is CCCCCCCN1C(=S)N(CCc2ccccc2)C(=O)C1CC(=O)Nc1ccc(OCC)cc1. The fourth-order valence-electron chi connectivity index (χ4n) is 4.31. The summed E-state index contributed by atoms with van der Waals surface area (Å²) in [6.45, 7) is 5.92. The van der Waals surface area contributed by atoms with Crippen molar-refractivity contribution in [1.29, 1.82) is 0 Å². The van der Waals surface area contributed by atoms with Crippen LogP contribution >= 0.6 is 12.2 Å². The molecule has 188 valence electrons. The van der Waals surface area contributed by atoms with Gasteiger partial charge in [-0.1, -0.05) is 62.9 Å². The quantitative estimate of drug-likeness (QED) is 0.280. The summed E-state index contributed by atoms with van der Waals surface area (Å²) in [6.07, 6.45) is 6.41. The Kier molecular flexibility index (Phi) is 10.5. The molecular weight excluding hydrogens is 458 g/mol. The molecule has 1 unspecified atom stereocenters. The van der Waals surface area contributed by atoms with Gasteiger partial charge >= 0.3 is 0 Å². The fourth-order valence-corrected chi connectivity index (χ4v) is 4.71. The van der Waals surface area contributed by atoms with Gasteiger partial charge in [-0.25, -0.2) is 0 Å². The summed E-state index contributed by atoms with van der Waals surface area (Å²) in [7, 11) is 0. The van der Waals surface area contributed by atoms with E-state index in [9.17, 15) is 9.59 Å². The predicted octanol–water partition coefficient (Wildman–Crippen LogP) is 5.42. The minimum atomic E-state index is -0.563. The van der Waals surface area contributed by atoms with Crippen molar-refractivity contribution in [2.45, 2.75) is 64.8 Å². The normalized spacial score (nSPS) is 15.5. The first-order valence-corrected chi connectivity index (χ1v) is 13.1. The number of thiocarbonyl (C=S) groups is 1. The number of benzene rings is 2. The van der Waals surface area contributed by atoms with Crippen molar-refractivity contribution in [3.63, 3.8) is 0 Å². The van der Waals surface area contributed by atoms with Crippen molar-refractivity contribution in [3.05, 3.63) is 60.2 Å². The van der Waals surface area contributed by atoms with Crippen LogP contribution in [0.2, 0.25) is 0 Å². The maximum Gasteiger partial charge on any atom is 0.252 e. The molecular formula is C28H37N3O3S. The molecule has 1 heterocycles. The van der Waals surface area contributed by atoms with Gasteiger partial charge in [-0.2, -0.15) is 0 Å². The monoisotopic (exact) mass is 495 g/mol. The molecule has 1 N–H and O–H groups in total. The zero-order valence-corrected chi connectivity index (χ0v) is 21.7. The Balaban J connectivity index is 1.64. The van der Waals surface area contributed by atoms with Gasteiger partial charge in [-0.15, -0.1) is 0 Å². The van der Waals surface area contributed by atoms with Crippen LogP contribution in [-0.2, 0) is 16.0 Å². The van der Waals surface area contributed by atoms with Crippen LogP contribution in [0.1, 0.15) is 57.9 Å². The maximum absolute atomic E-state index is 13.4. The van der Waals surface area contributed by atoms with Gasteiger partial charge in [0.05, 0.1) is 13.0 Å². The molecule has 1 aliphatic heterocycles. The Morgan fingerprint density at radius 1 is 0.971 bits per heavy atom. The van der Waals surface area contributed by atoms with E-state index in [2.05, 4.69) is 24.4 Å². The van der Waals surface area contributed by atoms with Crippen LogP contribution in [-0.4, -0.2) is 52.5 Å². The minimum absolute atomic E-state index is 0.0724. The number of rotatable bonds is 14. The lowest BCUT2D eigenvalue weighted by molar-refractivity contribution is -0.130. The third-order valence-corrected chi connectivity index (χ3v) is 6.66. The molecule has 1 saturated heterocycles. The van der Waals surface area contributed by atoms with Crippen molar-refractivity contribution < 1.29 is 14.3 Å². The Morgan fingerprint density at radius 2 is 1.69 bits per heavy atom. The number of ether oxygens (including phenoxy) is 1. The van der Waals surface area contributed by atoms with Gasteiger partial charge in [0.1, 0.15) is 11.8 Å². The molecule has 35 heavy (non-hydrogen) atoms. The Labute approximate surface area is 214 Å². The molecule has 3 rings (SSSR count). The van der Waals surface area contributed by atoms with Gasteiger partial charge < -0.3 is 15.0 Å². The van der Waals surface area contributed by atoms with E-state index >= 15 is 0 Å². The molecule has 0 aromatic heterocycles. The highest BCUT2D eigenvalue weighted by atomic mass is 32.1. The first kappa shape index (κ1) is 26.7. The fraction of sp³-hybridized carbons (Fsp3) is 0.464. The van der Waals surface area contributed by atoms with E-state index in [1.54, 1.807) is 4.90 Å². The number of nitrogens with one attached hydrogen (secondary N) is 1. The Morgan fingerprint density at radius 3 is 2.37 bits per heavy atom. The number of carbonyl (C=O) groups excluding carboxylic acids is 2. The summed E-state index contributed by atoms with van der Waals surface area (Å²) in [5.41, 5.74) is 1.84. The van der Waals surface area contributed by atoms with E-state index in [1.807, 2.05) is 54.3 Å². The van der Waals surface area contributed by atoms with E-state index < -0.39 is 6.04 Å². The molecule has 7 heteroatoms. The maximum atomic E-state index is 13.4. The lowest BCUT2D eigenvalue weighted by atomic mass is 10.1. The van der Waals surface area contributed by atoms with Crippen LogP contribution in [0.3, 0.4) is 0 Å². The minimum Gasteiger partial charge on any atom is -0.494 e. The lowest BCUT2D eigenvalue weighted by Gasteiger charge is -2.24. The summed E-state index contributed by atoms with van der Waals surface area (Å²) < 4.78 is 5.46. The molecule has 6 nitrogen and oxygen atoms in total. The van der Waals surface area contributed by atoms with Gasteiger partial charge in [0.2, 0.25) is 5.91 Å². The second kappa shape index (κ2) is 13.8. The Hall–Kier alpha value is -2.93. The van der Waals surface area contributed by atoms with Crippen LogP contribution in [0.4, 0.5) is 5.69 Å². The molecule has 0 bridgehead atoms. The predicted molar refractivity (Wildman–Crippen MR) is 145 cm³/mol. The lowest BCUT2D eigenvalue weighted by Crippen LogP contribution is -2.38. The molecule has 0 radical (unpaired) electrons. The summed E-state index contributed by atoms with van der Waals surface area (Å²) in [4.78, 5) is 29.9. The first-order valence-electron chi connectivity index (χ1n) is 12.7. The van der Waals surface area contributed by atoms with E-state index in [4.69, 9.17) is 17.0 Å². The number of nitrogens with zero attached hydrogens (tertiary/aromatic N) is 2. The van der Waals surface area contributed by atoms with Crippen LogP contribution in [0.5, 0.6) is 5.75 Å². The van der Waals surface area contributed by atoms with Crippen molar-refractivity contribution >= 4 is 34.8 Å². The van der Waals surface area contributed by atoms with E-state index in [1.165, 1.54) is 19.3 Å². The second-order valence-electron chi connectivity index (χ2n) is 8.84. The second-order valence-corrected chi connectivity index (χ2v) is 9.21. The molecule has 1 atom stereocenters. The molecule has 0 aliphatic carbocycles. The molecule has 0 spiro atoms. The number of anilines is 1. The molecule has 2 amide bonds. The average molecular weight is 496 g/mol. The standard InChI is InChI=1S/C28H37N3O3S/c1-3-5-6-7-11-19-30-25(21-26(32)29-23-14-16-24(17-15-23)34-4-2)27(33)31(28(30)35)20-18-22-12-9-8-10-13-22/h8-10,12-17,25H,3-7,11,18-21H2,1-2H3,(H,29,32). The van der Waals surface area contributed by atoms with Crippen molar-refractivity contribution in [3.8, 4) is 5.75 Å². The number of hydrogen-bond donors (Lipinski definition) is 1. The first-order chi connectivity index (χ1) is 17.0. The van der Waals surface area contributed by atoms with Gasteiger partial charge in [-0.3, -0.25) is 14.5 Å². The largest absolute Gasteiger partial charge is 0.494 e. The average Bonchev–Trinajstić information content (AvgIpc) is 3.08. The van der Waals surface area contributed by atoms with E-state index in [0.717, 1.165) is 30.6 Å². The Bertz CT molecular complexity index is 965. The van der Waals surface area contributed by atoms with Gasteiger partial charge in [-0.05, 0) is 61.8 Å². The highest BCUT2D eigenvalue weighted by Gasteiger charge is 2.42. The highest BCUT2D eigenvalue weighted by molar-refractivity contribution is 7.80. The third-order valence-electron chi connectivity index (χ3n) is 6.20. The van der Waals surface area contributed by atoms with Gasteiger partial charge in [0.25, 0.3) is 5.91 Å². The van der Waals surface area contributed by atoms with Crippen molar-refractivity contribution in [1.82, 2.24) is 9.80 Å².